The summed E-state index contributed by atoms with van der Waals surface area (Å²) >= 11 is 0. The number of fused-ring (bicyclic) bond motifs is 1. The number of para-hydroxylation sites is 1. The van der Waals surface area contributed by atoms with E-state index in [0.29, 0.717) is 36.7 Å². The highest BCUT2D eigenvalue weighted by atomic mass is 16.5. The maximum atomic E-state index is 13.0. The minimum Gasteiger partial charge on any atom is -0.493 e. The molecule has 2 N–H and O–H groups in total. The van der Waals surface area contributed by atoms with Crippen LogP contribution in [0.5, 0.6) is 5.88 Å². The van der Waals surface area contributed by atoms with Gasteiger partial charge in [-0.15, -0.1) is 0 Å². The van der Waals surface area contributed by atoms with Crippen LogP contribution in [0.3, 0.4) is 0 Å². The van der Waals surface area contributed by atoms with E-state index in [4.69, 9.17) is 4.74 Å². The molecule has 0 spiro atoms. The van der Waals surface area contributed by atoms with Crippen LogP contribution in [0.4, 0.5) is 5.69 Å². The lowest BCUT2D eigenvalue weighted by Gasteiger charge is -2.30. The van der Waals surface area contributed by atoms with Gasteiger partial charge in [0.15, 0.2) is 5.65 Å². The Bertz CT molecular complexity index is 1250. The van der Waals surface area contributed by atoms with E-state index in [1.54, 1.807) is 0 Å². The van der Waals surface area contributed by atoms with Crippen molar-refractivity contribution in [3.05, 3.63) is 78.0 Å². The van der Waals surface area contributed by atoms with Crippen molar-refractivity contribution < 1.29 is 14.6 Å². The number of hydrogen-bond acceptors (Lipinski definition) is 6. The van der Waals surface area contributed by atoms with Gasteiger partial charge in [-0.3, -0.25) is 4.79 Å². The highest BCUT2D eigenvalue weighted by Crippen LogP contribution is 2.25. The van der Waals surface area contributed by atoms with Crippen molar-refractivity contribution in [1.82, 2.24) is 19.9 Å². The van der Waals surface area contributed by atoms with Crippen LogP contribution in [0.1, 0.15) is 15.9 Å². The molecule has 0 atom stereocenters. The summed E-state index contributed by atoms with van der Waals surface area (Å²) in [5.41, 5.74) is 4.16. The third-order valence-corrected chi connectivity index (χ3v) is 5.55. The van der Waals surface area contributed by atoms with E-state index < -0.39 is 0 Å². The lowest BCUT2D eigenvalue weighted by molar-refractivity contribution is 0.0952. The zero-order valence-corrected chi connectivity index (χ0v) is 17.4. The molecule has 2 aromatic heterocycles. The van der Waals surface area contributed by atoms with Crippen molar-refractivity contribution >= 4 is 17.2 Å². The van der Waals surface area contributed by atoms with E-state index >= 15 is 0 Å². The van der Waals surface area contributed by atoms with Crippen molar-refractivity contribution in [2.75, 3.05) is 31.2 Å². The number of amides is 1. The Balaban J connectivity index is 1.40. The van der Waals surface area contributed by atoms with E-state index in [1.165, 1.54) is 16.8 Å². The Morgan fingerprint density at radius 2 is 1.81 bits per heavy atom. The Kier molecular flexibility index (Phi) is 5.43. The molecule has 0 aliphatic carbocycles. The van der Waals surface area contributed by atoms with Crippen molar-refractivity contribution in [3.8, 4) is 17.1 Å². The summed E-state index contributed by atoms with van der Waals surface area (Å²) in [5, 5.41) is 17.5. The van der Waals surface area contributed by atoms with Crippen LogP contribution in [0, 0.1) is 0 Å². The van der Waals surface area contributed by atoms with Crippen LogP contribution in [-0.2, 0) is 11.3 Å². The van der Waals surface area contributed by atoms with E-state index in [1.807, 2.05) is 48.5 Å². The number of hydrogen-bond donors (Lipinski definition) is 2. The summed E-state index contributed by atoms with van der Waals surface area (Å²) in [7, 11) is 0. The second-order valence-electron chi connectivity index (χ2n) is 7.57. The number of ether oxygens (including phenoxy) is 1. The van der Waals surface area contributed by atoms with Gasteiger partial charge in [0, 0.05) is 37.0 Å². The smallest absolute Gasteiger partial charge is 0.257 e. The standard InChI is InChI=1S/C24H23N5O3/c30-22-14-20(17-6-2-1-3-7-17)27-23-19(16-26-29(22)23)24(31)25-15-18-8-4-5-9-21(18)28-10-12-32-13-11-28/h1-9,14,16,30H,10-13,15H2,(H,25,31). The number of aromatic nitrogens is 3. The minimum absolute atomic E-state index is 0.0782. The third-order valence-electron chi connectivity index (χ3n) is 5.55. The van der Waals surface area contributed by atoms with E-state index in [0.717, 1.165) is 29.9 Å². The van der Waals surface area contributed by atoms with E-state index in [9.17, 15) is 9.90 Å². The maximum absolute atomic E-state index is 13.0. The average Bonchev–Trinajstić information content (AvgIpc) is 3.29. The molecule has 2 aromatic carbocycles. The topological polar surface area (TPSA) is 92.0 Å². The van der Waals surface area contributed by atoms with Gasteiger partial charge in [-0.1, -0.05) is 48.5 Å². The predicted molar refractivity (Wildman–Crippen MR) is 121 cm³/mol. The fraction of sp³-hybridized carbons (Fsp3) is 0.208. The molecule has 3 heterocycles. The monoisotopic (exact) mass is 429 g/mol. The first-order chi connectivity index (χ1) is 15.7. The minimum atomic E-state index is -0.297. The maximum Gasteiger partial charge on any atom is 0.257 e. The fourth-order valence-corrected chi connectivity index (χ4v) is 3.91. The number of nitrogens with one attached hydrogen (secondary N) is 1. The summed E-state index contributed by atoms with van der Waals surface area (Å²) in [6.45, 7) is 3.41. The molecule has 1 amide bonds. The van der Waals surface area contributed by atoms with Crippen molar-refractivity contribution in [2.45, 2.75) is 6.54 Å². The van der Waals surface area contributed by atoms with Gasteiger partial charge in [-0.2, -0.15) is 9.61 Å². The highest BCUT2D eigenvalue weighted by molar-refractivity contribution is 6.00. The summed E-state index contributed by atoms with van der Waals surface area (Å²) in [5.74, 6) is -0.376. The number of nitrogens with zero attached hydrogens (tertiary/aromatic N) is 4. The lowest BCUT2D eigenvalue weighted by Crippen LogP contribution is -2.37. The van der Waals surface area contributed by atoms with Crippen LogP contribution in [0.15, 0.2) is 66.9 Å². The van der Waals surface area contributed by atoms with Gasteiger partial charge < -0.3 is 20.1 Å². The number of carbonyl (C=O) groups is 1. The zero-order valence-electron chi connectivity index (χ0n) is 17.4. The van der Waals surface area contributed by atoms with Gasteiger partial charge in [-0.05, 0) is 11.6 Å². The highest BCUT2D eigenvalue weighted by Gasteiger charge is 2.19. The second kappa shape index (κ2) is 8.68. The van der Waals surface area contributed by atoms with Gasteiger partial charge in [0.05, 0.1) is 25.1 Å². The number of rotatable bonds is 5. The molecule has 0 unspecified atom stereocenters. The molecule has 0 saturated carbocycles. The molecule has 1 saturated heterocycles. The van der Waals surface area contributed by atoms with Crippen LogP contribution < -0.4 is 10.2 Å². The molecule has 1 fully saturated rings. The molecule has 32 heavy (non-hydrogen) atoms. The van der Waals surface area contributed by atoms with Gasteiger partial charge in [0.2, 0.25) is 5.88 Å². The third kappa shape index (κ3) is 3.88. The molecule has 162 valence electrons. The molecule has 8 heteroatoms. The molecular weight excluding hydrogens is 406 g/mol. The van der Waals surface area contributed by atoms with Gasteiger partial charge in [0.25, 0.3) is 5.91 Å². The van der Waals surface area contributed by atoms with Crippen LogP contribution in [0.25, 0.3) is 16.9 Å². The number of morpholine rings is 1. The van der Waals surface area contributed by atoms with Gasteiger partial charge >= 0.3 is 0 Å². The first-order valence-electron chi connectivity index (χ1n) is 10.5. The van der Waals surface area contributed by atoms with Gasteiger partial charge in [-0.25, -0.2) is 4.98 Å². The fourth-order valence-electron chi connectivity index (χ4n) is 3.91. The summed E-state index contributed by atoms with van der Waals surface area (Å²) in [6, 6.07) is 19.1. The van der Waals surface area contributed by atoms with E-state index in [-0.39, 0.29) is 11.8 Å². The number of anilines is 1. The summed E-state index contributed by atoms with van der Waals surface area (Å²) in [4.78, 5) is 19.9. The molecule has 0 radical (unpaired) electrons. The van der Waals surface area contributed by atoms with Crippen LogP contribution in [-0.4, -0.2) is 51.9 Å². The molecule has 0 bridgehead atoms. The molecular formula is C24H23N5O3. The number of aromatic hydroxyl groups is 1. The first kappa shape index (κ1) is 20.0. The van der Waals surface area contributed by atoms with E-state index in [2.05, 4.69) is 26.4 Å². The quantitative estimate of drug-likeness (QED) is 0.507. The second-order valence-corrected chi connectivity index (χ2v) is 7.57. The number of carbonyl (C=O) groups excluding carboxylic acids is 1. The SMILES string of the molecule is O=C(NCc1ccccc1N1CCOCC1)c1cnn2c(O)cc(-c3ccccc3)nc12. The Hall–Kier alpha value is -3.91. The molecule has 8 nitrogen and oxygen atoms in total. The molecule has 1 aliphatic heterocycles. The Morgan fingerprint density at radius 1 is 1.06 bits per heavy atom. The molecule has 5 rings (SSSR count). The first-order valence-corrected chi connectivity index (χ1v) is 10.5. The van der Waals surface area contributed by atoms with Crippen LogP contribution in [0.2, 0.25) is 0 Å². The molecule has 4 aromatic rings. The van der Waals surface area contributed by atoms with Crippen molar-refractivity contribution in [2.24, 2.45) is 0 Å². The summed E-state index contributed by atoms with van der Waals surface area (Å²) < 4.78 is 6.72. The predicted octanol–water partition coefficient (Wildman–Crippen LogP) is 2.87. The number of benzene rings is 2. The van der Waals surface area contributed by atoms with Crippen LogP contribution >= 0.6 is 0 Å². The largest absolute Gasteiger partial charge is 0.493 e. The summed E-state index contributed by atoms with van der Waals surface area (Å²) in [6.07, 6.45) is 1.43. The van der Waals surface area contributed by atoms with Crippen molar-refractivity contribution in [3.63, 3.8) is 0 Å². The Morgan fingerprint density at radius 3 is 2.62 bits per heavy atom. The molecule has 1 aliphatic rings. The zero-order chi connectivity index (χ0) is 21.9. The average molecular weight is 429 g/mol. The Labute approximate surface area is 185 Å². The normalized spacial score (nSPS) is 13.9. The van der Waals surface area contributed by atoms with Crippen molar-refractivity contribution in [1.29, 1.82) is 0 Å². The lowest BCUT2D eigenvalue weighted by atomic mass is 10.1. The van der Waals surface area contributed by atoms with Gasteiger partial charge in [0.1, 0.15) is 5.56 Å².